The number of hydrogen-bond donors (Lipinski definition) is 2. The van der Waals surface area contributed by atoms with E-state index in [1.54, 1.807) is 41.5 Å². The molecule has 0 unspecified atom stereocenters. The molecule has 0 bridgehead atoms. The van der Waals surface area contributed by atoms with Crippen LogP contribution >= 0.6 is 0 Å². The van der Waals surface area contributed by atoms with Crippen molar-refractivity contribution in [2.45, 2.75) is 127 Å². The number of ether oxygens (including phenoxy) is 10. The Kier molecular flexibility index (Phi) is 7.50. The van der Waals surface area contributed by atoms with Gasteiger partial charge in [0.2, 0.25) is 11.6 Å². The van der Waals surface area contributed by atoms with E-state index in [0.717, 1.165) is 0 Å². The van der Waals surface area contributed by atoms with Crippen LogP contribution in [0.1, 0.15) is 55.4 Å². The van der Waals surface area contributed by atoms with E-state index in [0.29, 0.717) is 6.61 Å². The molecule has 6 heterocycles. The molecule has 6 aliphatic rings. The zero-order valence-electron chi connectivity index (χ0n) is 24.0. The first-order valence-electron chi connectivity index (χ1n) is 13.2. The molecule has 6 rings (SSSR count). The Labute approximate surface area is 233 Å². The second kappa shape index (κ2) is 9.72. The maximum Gasteiger partial charge on any atom is 0.333 e. The molecule has 40 heavy (non-hydrogen) atoms. The maximum atomic E-state index is 11.1. The summed E-state index contributed by atoms with van der Waals surface area (Å²) >= 11 is 0. The molecule has 0 saturated carbocycles. The predicted molar refractivity (Wildman–Crippen MR) is 131 cm³/mol. The van der Waals surface area contributed by atoms with Gasteiger partial charge in [0.15, 0.2) is 23.1 Å². The molecule has 0 spiro atoms. The van der Waals surface area contributed by atoms with Crippen molar-refractivity contribution in [3.05, 3.63) is 0 Å². The van der Waals surface area contributed by atoms with Crippen LogP contribution < -0.4 is 5.14 Å². The molecule has 0 aliphatic carbocycles. The van der Waals surface area contributed by atoms with E-state index < -0.39 is 69.9 Å². The van der Waals surface area contributed by atoms with Crippen molar-refractivity contribution in [2.75, 3.05) is 26.4 Å². The van der Waals surface area contributed by atoms with Gasteiger partial charge in [0.1, 0.15) is 49.8 Å². The van der Waals surface area contributed by atoms with E-state index in [1.165, 1.54) is 0 Å². The maximum absolute atomic E-state index is 11.1. The summed E-state index contributed by atoms with van der Waals surface area (Å²) in [5, 5.41) is 14.5. The van der Waals surface area contributed by atoms with Crippen LogP contribution in [0, 0.1) is 0 Å². The Morgan fingerprint density at radius 2 is 1.12 bits per heavy atom. The standard InChI is InChI=1S/C12H21NO8S.C12H20O6/c1-10(2)18-7-5-16-12(6-17-22(13,14)15)9(8(7)19-10)20-11(3,4)21-12;1-10(2)15-7-5-14-12(6-13)9(8(7)16-10)17-11(3,4)18-12/h7-9H,5-6H2,1-4H3,(H2,13,14,15);7-9,13H,5-6H2,1-4H3/t2*7-,8-,9+,12+/m11/s1. The van der Waals surface area contributed by atoms with E-state index in [9.17, 15) is 13.5 Å². The number of rotatable bonds is 4. The lowest BCUT2D eigenvalue weighted by Gasteiger charge is -2.40. The monoisotopic (exact) mass is 599 g/mol. The second-order valence-electron chi connectivity index (χ2n) is 12.5. The van der Waals surface area contributed by atoms with E-state index in [-0.39, 0.29) is 31.5 Å². The van der Waals surface area contributed by atoms with Gasteiger partial charge in [-0.25, -0.2) is 5.14 Å². The van der Waals surface area contributed by atoms with Gasteiger partial charge >= 0.3 is 10.3 Å². The van der Waals surface area contributed by atoms with Crippen molar-refractivity contribution in [1.29, 1.82) is 0 Å². The summed E-state index contributed by atoms with van der Waals surface area (Å²) in [4.78, 5) is 0. The van der Waals surface area contributed by atoms with E-state index in [1.807, 2.05) is 13.8 Å². The van der Waals surface area contributed by atoms with Crippen molar-refractivity contribution >= 4 is 10.3 Å². The smallest absolute Gasteiger partial charge is 0.333 e. The van der Waals surface area contributed by atoms with Crippen molar-refractivity contribution in [3.8, 4) is 0 Å². The molecule has 3 N–H and O–H groups in total. The molecule has 15 nitrogen and oxygen atoms in total. The lowest BCUT2D eigenvalue weighted by molar-refractivity contribution is -0.294. The van der Waals surface area contributed by atoms with E-state index in [4.69, 9.17) is 56.7 Å². The minimum absolute atomic E-state index is 0.165. The summed E-state index contributed by atoms with van der Waals surface area (Å²) in [6.07, 6.45) is -2.47. The molecule has 8 atom stereocenters. The van der Waals surface area contributed by atoms with Crippen LogP contribution in [0.4, 0.5) is 0 Å². The van der Waals surface area contributed by atoms with E-state index in [2.05, 4.69) is 0 Å². The summed E-state index contributed by atoms with van der Waals surface area (Å²) < 4.78 is 84.8. The number of fused-ring (bicyclic) bond motifs is 6. The summed E-state index contributed by atoms with van der Waals surface area (Å²) in [5.74, 6) is -5.81. The van der Waals surface area contributed by atoms with Crippen molar-refractivity contribution in [3.63, 3.8) is 0 Å². The van der Waals surface area contributed by atoms with Gasteiger partial charge < -0.3 is 52.5 Å². The first-order valence-corrected chi connectivity index (χ1v) is 14.7. The highest BCUT2D eigenvalue weighted by Gasteiger charge is 2.67. The highest BCUT2D eigenvalue weighted by Crippen LogP contribution is 2.48. The molecule has 0 aromatic carbocycles. The summed E-state index contributed by atoms with van der Waals surface area (Å²) in [6, 6.07) is 0. The summed E-state index contributed by atoms with van der Waals surface area (Å²) in [7, 11) is -4.14. The van der Waals surface area contributed by atoms with Crippen LogP contribution in [0.15, 0.2) is 0 Å². The van der Waals surface area contributed by atoms with Crippen molar-refractivity contribution in [2.24, 2.45) is 5.14 Å². The minimum atomic E-state index is -4.14. The molecule has 0 radical (unpaired) electrons. The molecule has 0 aromatic rings. The van der Waals surface area contributed by atoms with Crippen LogP contribution in [-0.2, 0) is 61.9 Å². The van der Waals surface area contributed by atoms with Crippen molar-refractivity contribution in [1.82, 2.24) is 0 Å². The van der Waals surface area contributed by atoms with Crippen LogP contribution in [0.25, 0.3) is 0 Å². The molecule has 232 valence electrons. The number of aliphatic hydroxyl groups excluding tert-OH is 1. The first-order chi connectivity index (χ1) is 18.2. The average Bonchev–Trinajstić information content (AvgIpc) is 3.46. The van der Waals surface area contributed by atoms with Gasteiger partial charge in [0.05, 0.1) is 13.2 Å². The molecular weight excluding hydrogens is 558 g/mol. The van der Waals surface area contributed by atoms with Gasteiger partial charge in [-0.2, -0.15) is 8.42 Å². The molecule has 6 saturated heterocycles. The summed E-state index contributed by atoms with van der Waals surface area (Å²) in [6.45, 7) is 14.1. The van der Waals surface area contributed by atoms with Gasteiger partial charge in [-0.15, -0.1) is 0 Å². The third-order valence-corrected chi connectivity index (χ3v) is 7.64. The molecule has 16 heteroatoms. The average molecular weight is 600 g/mol. The minimum Gasteiger partial charge on any atom is -0.391 e. The predicted octanol–water partition coefficient (Wildman–Crippen LogP) is -0.0186. The Balaban J connectivity index is 0.000000164. The fraction of sp³-hybridized carbons (Fsp3) is 1.00. The molecular formula is C24H41NO14S. The quantitative estimate of drug-likeness (QED) is 0.440. The highest BCUT2D eigenvalue weighted by atomic mass is 32.2. The van der Waals surface area contributed by atoms with Crippen LogP contribution in [0.2, 0.25) is 0 Å². The Hall–Kier alpha value is -0.570. The van der Waals surface area contributed by atoms with Gasteiger partial charge in [-0.1, -0.05) is 0 Å². The highest BCUT2D eigenvalue weighted by molar-refractivity contribution is 7.84. The third-order valence-electron chi connectivity index (χ3n) is 7.19. The third kappa shape index (κ3) is 5.94. The number of nitrogens with two attached hydrogens (primary N) is 1. The SMILES string of the molecule is CC1(C)O[C@@H]2[C@@H](CO[C@@]3(CO)OC(C)(C)O[C@@H]23)O1.CC1(C)O[C@@H]2[C@@H](CO[C@@]3(COS(N)(=O)=O)OC(C)(C)O[C@@H]23)O1. The lowest BCUT2D eigenvalue weighted by Crippen LogP contribution is -2.60. The molecule has 0 amide bonds. The fourth-order valence-corrected chi connectivity index (χ4v) is 6.40. The topological polar surface area (TPSA) is 182 Å². The summed E-state index contributed by atoms with van der Waals surface area (Å²) in [5.41, 5.74) is 0. The van der Waals surface area contributed by atoms with Gasteiger partial charge in [0, 0.05) is 0 Å². The first kappa shape index (κ1) is 30.9. The molecule has 0 aromatic heterocycles. The van der Waals surface area contributed by atoms with Crippen LogP contribution in [0.3, 0.4) is 0 Å². The Morgan fingerprint density at radius 3 is 1.57 bits per heavy atom. The van der Waals surface area contributed by atoms with Gasteiger partial charge in [0.25, 0.3) is 0 Å². The number of hydrogen-bond acceptors (Lipinski definition) is 14. The normalized spacial score (nSPS) is 45.5. The van der Waals surface area contributed by atoms with Crippen molar-refractivity contribution < 1.29 is 65.1 Å². The molecule has 6 aliphatic heterocycles. The van der Waals surface area contributed by atoms with Crippen LogP contribution in [-0.4, -0.2) is 111 Å². The largest absolute Gasteiger partial charge is 0.391 e. The van der Waals surface area contributed by atoms with Gasteiger partial charge in [-0.3, -0.25) is 4.18 Å². The van der Waals surface area contributed by atoms with E-state index >= 15 is 0 Å². The second-order valence-corrected chi connectivity index (χ2v) is 13.7. The zero-order valence-corrected chi connectivity index (χ0v) is 24.8. The Morgan fingerprint density at radius 1 is 0.700 bits per heavy atom. The lowest BCUT2D eigenvalue weighted by atomic mass is 9.98. The number of aliphatic hydroxyl groups is 1. The van der Waals surface area contributed by atoms with Crippen LogP contribution in [0.5, 0.6) is 0 Å². The Bertz CT molecular complexity index is 1080. The zero-order chi connectivity index (χ0) is 29.6. The molecule has 6 fully saturated rings. The van der Waals surface area contributed by atoms with Gasteiger partial charge in [-0.05, 0) is 55.4 Å². The fourth-order valence-electron chi connectivity index (χ4n) is 6.07.